The van der Waals surface area contributed by atoms with Crippen LogP contribution >= 0.6 is 0 Å². The summed E-state index contributed by atoms with van der Waals surface area (Å²) in [5.74, 6) is 0. The van der Waals surface area contributed by atoms with E-state index < -0.39 is 0 Å². The Kier molecular flexibility index (Phi) is 5.73. The van der Waals surface area contributed by atoms with Gasteiger partial charge in [0, 0.05) is 11.8 Å². The first-order chi connectivity index (χ1) is 24.8. The maximum absolute atomic E-state index is 4.87. The third kappa shape index (κ3) is 3.75. The minimum Gasteiger partial charge on any atom is -0.256 e. The van der Waals surface area contributed by atoms with Crippen LogP contribution in [0.25, 0.3) is 109 Å². The summed E-state index contributed by atoms with van der Waals surface area (Å²) in [4.78, 5) is 4.87. The monoisotopic (exact) mass is 631 g/mol. The fourth-order valence-electron chi connectivity index (χ4n) is 8.81. The number of aromatic nitrogens is 1. The first kappa shape index (κ1) is 27.4. The fourth-order valence-corrected chi connectivity index (χ4v) is 8.81. The summed E-state index contributed by atoms with van der Waals surface area (Å²) in [5, 5.41) is 15.7. The Morgan fingerprint density at radius 3 is 1.64 bits per heavy atom. The van der Waals surface area contributed by atoms with Gasteiger partial charge in [0.15, 0.2) is 0 Å². The summed E-state index contributed by atoms with van der Waals surface area (Å²) in [6.07, 6.45) is 1.90. The summed E-state index contributed by atoms with van der Waals surface area (Å²) in [7, 11) is 0. The third-order valence-electron chi connectivity index (χ3n) is 10.8. The molecule has 50 heavy (non-hydrogen) atoms. The van der Waals surface area contributed by atoms with Gasteiger partial charge in [0.1, 0.15) is 0 Å². The molecule has 0 aliphatic heterocycles. The smallest absolute Gasteiger partial charge is 0.0702 e. The van der Waals surface area contributed by atoms with Gasteiger partial charge in [-0.3, -0.25) is 4.98 Å². The number of pyridine rings is 1. The van der Waals surface area contributed by atoms with Crippen LogP contribution in [0, 0.1) is 0 Å². The van der Waals surface area contributed by atoms with Crippen LogP contribution in [-0.4, -0.2) is 4.98 Å². The Labute approximate surface area is 289 Å². The van der Waals surface area contributed by atoms with Gasteiger partial charge in [-0.05, 0) is 122 Å². The molecule has 0 N–H and O–H groups in total. The second-order valence-corrected chi connectivity index (χ2v) is 13.4. The molecule has 1 heterocycles. The molecule has 0 spiro atoms. The van der Waals surface area contributed by atoms with Gasteiger partial charge >= 0.3 is 0 Å². The molecule has 0 radical (unpaired) electrons. The van der Waals surface area contributed by atoms with E-state index in [0.717, 1.165) is 11.3 Å². The highest BCUT2D eigenvalue weighted by atomic mass is 14.7. The molecule has 0 atom stereocenters. The van der Waals surface area contributed by atoms with E-state index in [-0.39, 0.29) is 0 Å². The van der Waals surface area contributed by atoms with Crippen molar-refractivity contribution in [2.75, 3.05) is 0 Å². The first-order valence-corrected chi connectivity index (χ1v) is 17.3. The lowest BCUT2D eigenvalue weighted by atomic mass is 9.85. The van der Waals surface area contributed by atoms with Crippen molar-refractivity contribution in [2.45, 2.75) is 0 Å². The zero-order chi connectivity index (χ0) is 32.8. The SMILES string of the molecule is c1ccc(-c2ccccc2-c2c3cc(-c4ccccn4)cc4c5cccc(-c6ccccc6)c5c(c34)c3c4cccc5cccc(c23)c54)cc1. The van der Waals surface area contributed by atoms with Gasteiger partial charge in [0.2, 0.25) is 0 Å². The van der Waals surface area contributed by atoms with Crippen LogP contribution in [0.5, 0.6) is 0 Å². The molecule has 0 bridgehead atoms. The molecule has 1 heteroatoms. The van der Waals surface area contributed by atoms with Crippen LogP contribution in [0.3, 0.4) is 0 Å². The minimum absolute atomic E-state index is 0.980. The highest BCUT2D eigenvalue weighted by Crippen LogP contribution is 2.55. The Morgan fingerprint density at radius 2 is 0.900 bits per heavy atom. The van der Waals surface area contributed by atoms with Crippen molar-refractivity contribution in [3.63, 3.8) is 0 Å². The Hall–Kier alpha value is -6.57. The van der Waals surface area contributed by atoms with Crippen LogP contribution in [0.4, 0.5) is 0 Å². The molecule has 1 aromatic heterocycles. The molecule has 11 rings (SSSR count). The average molecular weight is 632 g/mol. The van der Waals surface area contributed by atoms with E-state index in [0.29, 0.717) is 0 Å². The van der Waals surface area contributed by atoms with E-state index in [1.807, 2.05) is 12.3 Å². The van der Waals surface area contributed by atoms with Crippen LogP contribution in [0.1, 0.15) is 0 Å². The summed E-state index contributed by atoms with van der Waals surface area (Å²) >= 11 is 0. The second-order valence-electron chi connectivity index (χ2n) is 13.4. The molecule has 0 saturated carbocycles. The molecule has 0 saturated heterocycles. The Balaban J connectivity index is 1.47. The first-order valence-electron chi connectivity index (χ1n) is 17.3. The van der Waals surface area contributed by atoms with Gasteiger partial charge in [0.25, 0.3) is 0 Å². The van der Waals surface area contributed by atoms with Crippen LogP contribution < -0.4 is 0 Å². The molecular weight excluding hydrogens is 603 g/mol. The molecule has 10 aromatic carbocycles. The number of hydrogen-bond donors (Lipinski definition) is 0. The summed E-state index contributed by atoms with van der Waals surface area (Å²) in [5.41, 5.74) is 9.59. The van der Waals surface area contributed by atoms with Crippen LogP contribution in [-0.2, 0) is 0 Å². The standard InChI is InChI=1S/C49H29N/c1-3-14-30(15-4-1)34-20-7-8-21-36(34)45-41-29-33(42-26-9-10-27-50-42)28-40-37-23-13-22-35(31-16-5-2-6-17-31)44(37)49(46(40)41)48-39-25-12-19-32-18-11-24-38(43(32)39)47(45)48/h1-29H. The lowest BCUT2D eigenvalue weighted by molar-refractivity contribution is 1.33. The van der Waals surface area contributed by atoms with Crippen molar-refractivity contribution in [1.29, 1.82) is 0 Å². The maximum atomic E-state index is 4.87. The van der Waals surface area contributed by atoms with Crippen molar-refractivity contribution in [3.8, 4) is 44.6 Å². The molecule has 0 aliphatic carbocycles. The molecule has 1 nitrogen and oxygen atoms in total. The Bertz CT molecular complexity index is 3050. The van der Waals surface area contributed by atoms with E-state index in [1.54, 1.807) is 0 Å². The number of benzene rings is 8. The summed E-state index contributed by atoms with van der Waals surface area (Å²) in [6, 6.07) is 62.3. The zero-order valence-electron chi connectivity index (χ0n) is 27.2. The van der Waals surface area contributed by atoms with Gasteiger partial charge in [-0.25, -0.2) is 0 Å². The lowest BCUT2D eigenvalue weighted by Crippen LogP contribution is -1.90. The topological polar surface area (TPSA) is 12.9 Å². The van der Waals surface area contributed by atoms with Crippen molar-refractivity contribution in [2.24, 2.45) is 0 Å². The predicted molar refractivity (Wildman–Crippen MR) is 213 cm³/mol. The summed E-state index contributed by atoms with van der Waals surface area (Å²) in [6.45, 7) is 0. The third-order valence-corrected chi connectivity index (χ3v) is 10.8. The van der Waals surface area contributed by atoms with Crippen molar-refractivity contribution >= 4 is 64.6 Å². The quantitative estimate of drug-likeness (QED) is 0.188. The van der Waals surface area contributed by atoms with Crippen LogP contribution in [0.15, 0.2) is 176 Å². The van der Waals surface area contributed by atoms with Gasteiger partial charge in [-0.2, -0.15) is 0 Å². The maximum Gasteiger partial charge on any atom is 0.0702 e. The van der Waals surface area contributed by atoms with Gasteiger partial charge < -0.3 is 0 Å². The van der Waals surface area contributed by atoms with E-state index in [4.69, 9.17) is 4.98 Å². The van der Waals surface area contributed by atoms with E-state index in [1.165, 1.54) is 98.0 Å². The van der Waals surface area contributed by atoms with Crippen molar-refractivity contribution < 1.29 is 0 Å². The highest BCUT2D eigenvalue weighted by molar-refractivity contribution is 6.49. The average Bonchev–Trinajstić information content (AvgIpc) is 3.71. The number of fused-ring (bicyclic) bond motifs is 7. The molecule has 11 aromatic rings. The minimum atomic E-state index is 0.980. The Morgan fingerprint density at radius 1 is 0.300 bits per heavy atom. The van der Waals surface area contributed by atoms with E-state index in [9.17, 15) is 0 Å². The van der Waals surface area contributed by atoms with Gasteiger partial charge in [0.05, 0.1) is 5.69 Å². The normalized spacial score (nSPS) is 12.0. The van der Waals surface area contributed by atoms with Gasteiger partial charge in [-0.1, -0.05) is 146 Å². The highest BCUT2D eigenvalue weighted by Gasteiger charge is 2.27. The van der Waals surface area contributed by atoms with Crippen molar-refractivity contribution in [1.82, 2.24) is 4.98 Å². The predicted octanol–water partition coefficient (Wildman–Crippen LogP) is 13.5. The summed E-state index contributed by atoms with van der Waals surface area (Å²) < 4.78 is 0. The van der Waals surface area contributed by atoms with E-state index in [2.05, 4.69) is 164 Å². The lowest BCUT2D eigenvalue weighted by Gasteiger charge is -2.17. The number of rotatable bonds is 4. The molecule has 0 aliphatic rings. The molecule has 0 amide bonds. The van der Waals surface area contributed by atoms with Crippen molar-refractivity contribution in [3.05, 3.63) is 176 Å². The molecule has 0 fully saturated rings. The van der Waals surface area contributed by atoms with Crippen LogP contribution in [0.2, 0.25) is 0 Å². The number of hydrogen-bond acceptors (Lipinski definition) is 1. The molecular formula is C49H29N. The zero-order valence-corrected chi connectivity index (χ0v) is 27.2. The molecule has 0 unspecified atom stereocenters. The van der Waals surface area contributed by atoms with Gasteiger partial charge in [-0.15, -0.1) is 0 Å². The number of nitrogens with zero attached hydrogens (tertiary/aromatic N) is 1. The fraction of sp³-hybridized carbons (Fsp3) is 0. The molecule has 230 valence electrons. The van der Waals surface area contributed by atoms with E-state index >= 15 is 0 Å². The second kappa shape index (κ2) is 10.5. The largest absolute Gasteiger partial charge is 0.256 e.